The lowest BCUT2D eigenvalue weighted by Crippen LogP contribution is -1.92. The summed E-state index contributed by atoms with van der Waals surface area (Å²) >= 11 is 5.34. The lowest BCUT2D eigenvalue weighted by Gasteiger charge is -1.84. The minimum absolute atomic E-state index is 0.0417. The molecule has 0 aliphatic carbocycles. The van der Waals surface area contributed by atoms with Crippen molar-refractivity contribution in [3.63, 3.8) is 0 Å². The zero-order valence-electron chi connectivity index (χ0n) is 4.37. The van der Waals surface area contributed by atoms with Crippen LogP contribution in [0, 0.1) is 0 Å². The molecule has 0 spiro atoms. The van der Waals surface area contributed by atoms with Crippen molar-refractivity contribution in [2.24, 2.45) is 5.16 Å². The Kier molecular flexibility index (Phi) is 1.69. The molecule has 48 valence electrons. The summed E-state index contributed by atoms with van der Waals surface area (Å²) in [4.78, 5) is 6.36. The van der Waals surface area contributed by atoms with Crippen LogP contribution in [-0.4, -0.2) is 20.3 Å². The van der Waals surface area contributed by atoms with E-state index in [4.69, 9.17) is 16.8 Å². The van der Waals surface area contributed by atoms with Gasteiger partial charge in [0, 0.05) is 12.4 Å². The summed E-state index contributed by atoms with van der Waals surface area (Å²) < 4.78 is 0. The third-order valence-electron chi connectivity index (χ3n) is 0.781. The number of hydrogen-bond donors (Lipinski definition) is 2. The second-order valence-corrected chi connectivity index (χ2v) is 1.69. The van der Waals surface area contributed by atoms with E-state index in [0.717, 1.165) is 0 Å². The number of aromatic nitrogens is 2. The fourth-order valence-electron chi connectivity index (χ4n) is 0.425. The molecule has 2 N–H and O–H groups in total. The highest BCUT2D eigenvalue weighted by Crippen LogP contribution is 1.95. The maximum absolute atomic E-state index is 8.10. The molecule has 9 heavy (non-hydrogen) atoms. The van der Waals surface area contributed by atoms with E-state index in [0.29, 0.717) is 5.82 Å². The van der Waals surface area contributed by atoms with Crippen LogP contribution in [0.15, 0.2) is 17.5 Å². The molecule has 1 aromatic heterocycles. The van der Waals surface area contributed by atoms with E-state index < -0.39 is 0 Å². The van der Waals surface area contributed by atoms with Crippen LogP contribution in [0.3, 0.4) is 0 Å². The number of H-pyrrole nitrogens is 1. The van der Waals surface area contributed by atoms with E-state index in [2.05, 4.69) is 15.1 Å². The second-order valence-electron chi connectivity index (χ2n) is 1.33. The monoisotopic (exact) mass is 145 g/mol. The lowest BCUT2D eigenvalue weighted by atomic mass is 10.7. The molecule has 1 aromatic rings. The topological polar surface area (TPSA) is 61.3 Å². The van der Waals surface area contributed by atoms with Gasteiger partial charge in [-0.3, -0.25) is 0 Å². The van der Waals surface area contributed by atoms with E-state index in [1.165, 1.54) is 6.20 Å². The molecule has 0 aromatic carbocycles. The number of hydrogen-bond acceptors (Lipinski definition) is 3. The normalized spacial score (nSPS) is 11.9. The molecule has 4 nitrogen and oxygen atoms in total. The van der Waals surface area contributed by atoms with E-state index in [1.54, 1.807) is 6.20 Å². The predicted octanol–water partition coefficient (Wildman–Crippen LogP) is 0.784. The first-order chi connectivity index (χ1) is 4.34. The molecule has 0 atom stereocenters. The SMILES string of the molecule is O/N=C(\Cl)c1ncc[nH]1. The number of halogens is 1. The zero-order valence-corrected chi connectivity index (χ0v) is 5.13. The van der Waals surface area contributed by atoms with Crippen molar-refractivity contribution in [1.29, 1.82) is 0 Å². The highest BCUT2D eigenvalue weighted by molar-refractivity contribution is 6.68. The average molecular weight is 146 g/mol. The molecule has 0 bridgehead atoms. The molecule has 5 heteroatoms. The molecule has 0 radical (unpaired) electrons. The Morgan fingerprint density at radius 3 is 3.11 bits per heavy atom. The Morgan fingerprint density at radius 1 is 1.89 bits per heavy atom. The van der Waals surface area contributed by atoms with Crippen molar-refractivity contribution >= 4 is 16.8 Å². The third kappa shape index (κ3) is 1.20. The van der Waals surface area contributed by atoms with E-state index in [9.17, 15) is 0 Å². The van der Waals surface area contributed by atoms with Crippen LogP contribution in [0.2, 0.25) is 0 Å². The summed E-state index contributed by atoms with van der Waals surface area (Å²) in [6, 6.07) is 0. The highest BCUT2D eigenvalue weighted by atomic mass is 35.5. The first kappa shape index (κ1) is 6.10. The van der Waals surface area contributed by atoms with E-state index in [-0.39, 0.29) is 5.17 Å². The summed E-state index contributed by atoms with van der Waals surface area (Å²) in [6.45, 7) is 0. The van der Waals surface area contributed by atoms with Crippen molar-refractivity contribution in [3.05, 3.63) is 18.2 Å². The van der Waals surface area contributed by atoms with Gasteiger partial charge in [-0.15, -0.1) is 0 Å². The number of imidazole rings is 1. The summed E-state index contributed by atoms with van der Waals surface area (Å²) in [5, 5.41) is 10.8. The molecule has 0 aliphatic rings. The molecular formula is C4H4ClN3O. The van der Waals surface area contributed by atoms with Crippen molar-refractivity contribution < 1.29 is 5.21 Å². The Balaban J connectivity index is 2.90. The first-order valence-electron chi connectivity index (χ1n) is 2.22. The van der Waals surface area contributed by atoms with Crippen LogP contribution in [0.4, 0.5) is 0 Å². The molecule has 1 heterocycles. The number of rotatable bonds is 1. The van der Waals surface area contributed by atoms with Crippen molar-refractivity contribution in [2.75, 3.05) is 0 Å². The molecule has 0 aliphatic heterocycles. The summed E-state index contributed by atoms with van der Waals surface area (Å²) in [5.41, 5.74) is 0. The van der Waals surface area contributed by atoms with Gasteiger partial charge in [-0.1, -0.05) is 16.8 Å². The van der Waals surface area contributed by atoms with Crippen LogP contribution in [-0.2, 0) is 0 Å². The van der Waals surface area contributed by atoms with Gasteiger partial charge < -0.3 is 10.2 Å². The minimum atomic E-state index is -0.0417. The van der Waals surface area contributed by atoms with Crippen molar-refractivity contribution in [1.82, 2.24) is 9.97 Å². The molecule has 0 saturated carbocycles. The maximum Gasteiger partial charge on any atom is 0.210 e. The van der Waals surface area contributed by atoms with Gasteiger partial charge in [0.1, 0.15) is 0 Å². The Labute approximate surface area is 56.2 Å². The molecule has 0 fully saturated rings. The van der Waals surface area contributed by atoms with Crippen molar-refractivity contribution in [2.45, 2.75) is 0 Å². The van der Waals surface area contributed by atoms with Crippen LogP contribution >= 0.6 is 11.6 Å². The van der Waals surface area contributed by atoms with Crippen LogP contribution in [0.5, 0.6) is 0 Å². The van der Waals surface area contributed by atoms with Crippen LogP contribution in [0.25, 0.3) is 0 Å². The third-order valence-corrected chi connectivity index (χ3v) is 1.04. The standard InChI is InChI=1S/C4H4ClN3O/c5-3(8-9)4-6-1-2-7-4/h1-2,9H,(H,6,7)/b8-3-. The fraction of sp³-hybridized carbons (Fsp3) is 0. The van der Waals surface area contributed by atoms with Crippen LogP contribution in [0.1, 0.15) is 5.82 Å². The quantitative estimate of drug-likeness (QED) is 0.349. The van der Waals surface area contributed by atoms with Gasteiger partial charge in [0.05, 0.1) is 0 Å². The van der Waals surface area contributed by atoms with E-state index >= 15 is 0 Å². The predicted molar refractivity (Wildman–Crippen MR) is 32.8 cm³/mol. The molecule has 1 rings (SSSR count). The summed E-state index contributed by atoms with van der Waals surface area (Å²) in [5.74, 6) is 0.360. The Morgan fingerprint density at radius 2 is 2.67 bits per heavy atom. The van der Waals surface area contributed by atoms with Gasteiger partial charge in [0.2, 0.25) is 5.17 Å². The first-order valence-corrected chi connectivity index (χ1v) is 2.59. The zero-order chi connectivity index (χ0) is 6.69. The highest BCUT2D eigenvalue weighted by Gasteiger charge is 1.99. The molecule has 0 saturated heterocycles. The van der Waals surface area contributed by atoms with Gasteiger partial charge >= 0.3 is 0 Å². The molecular weight excluding hydrogens is 142 g/mol. The maximum atomic E-state index is 8.10. The van der Waals surface area contributed by atoms with Crippen molar-refractivity contribution in [3.8, 4) is 0 Å². The molecule has 0 amide bonds. The number of aromatic amines is 1. The summed E-state index contributed by atoms with van der Waals surface area (Å²) in [7, 11) is 0. The largest absolute Gasteiger partial charge is 0.410 e. The Bertz CT molecular complexity index is 206. The van der Waals surface area contributed by atoms with Crippen LogP contribution < -0.4 is 0 Å². The van der Waals surface area contributed by atoms with Gasteiger partial charge in [-0.25, -0.2) is 4.98 Å². The molecule has 0 unspecified atom stereocenters. The number of nitrogens with one attached hydrogen (secondary N) is 1. The lowest BCUT2D eigenvalue weighted by molar-refractivity contribution is 0.320. The van der Waals surface area contributed by atoms with Gasteiger partial charge in [0.15, 0.2) is 5.82 Å². The van der Waals surface area contributed by atoms with Gasteiger partial charge in [-0.05, 0) is 0 Å². The second kappa shape index (κ2) is 2.50. The Hall–Kier alpha value is -1.03. The average Bonchev–Trinajstić information content (AvgIpc) is 2.37. The summed E-state index contributed by atoms with van der Waals surface area (Å²) in [6.07, 6.45) is 3.10. The number of oxime groups is 1. The van der Waals surface area contributed by atoms with Gasteiger partial charge in [-0.2, -0.15) is 0 Å². The number of nitrogens with zero attached hydrogens (tertiary/aromatic N) is 2. The smallest absolute Gasteiger partial charge is 0.210 e. The fourth-order valence-corrected chi connectivity index (χ4v) is 0.529. The van der Waals surface area contributed by atoms with Gasteiger partial charge in [0.25, 0.3) is 0 Å². The van der Waals surface area contributed by atoms with E-state index in [1.807, 2.05) is 0 Å². The minimum Gasteiger partial charge on any atom is -0.410 e.